The Kier molecular flexibility index (Phi) is 5.30. The molecule has 2 N–H and O–H groups in total. The standard InChI is InChI=1S/C21H30N2O3/c24-20(26-19-15-23-11-8-17(19)9-12-23)21(25,18-6-2-1-3-7-18)13-16-5-4-10-22-14-16/h1-3,6-7,16-17,19,22,25H,4-5,8-15H2. The molecule has 1 aromatic carbocycles. The van der Waals surface area contributed by atoms with Gasteiger partial charge in [-0.2, -0.15) is 0 Å². The first-order chi connectivity index (χ1) is 12.6. The van der Waals surface area contributed by atoms with Crippen molar-refractivity contribution in [3.05, 3.63) is 35.9 Å². The number of benzene rings is 1. The average molecular weight is 358 g/mol. The lowest BCUT2D eigenvalue weighted by Gasteiger charge is -2.45. The third-order valence-electron chi connectivity index (χ3n) is 6.43. The molecular weight excluding hydrogens is 328 g/mol. The molecule has 5 nitrogen and oxygen atoms in total. The Morgan fingerprint density at radius 1 is 1.23 bits per heavy atom. The van der Waals surface area contributed by atoms with Gasteiger partial charge >= 0.3 is 5.97 Å². The molecule has 3 atom stereocenters. The van der Waals surface area contributed by atoms with Crippen LogP contribution in [0.15, 0.2) is 30.3 Å². The van der Waals surface area contributed by atoms with E-state index in [-0.39, 0.29) is 12.0 Å². The van der Waals surface area contributed by atoms with Crippen LogP contribution in [-0.2, 0) is 15.1 Å². The second-order valence-electron chi connectivity index (χ2n) is 8.22. The molecule has 0 amide bonds. The zero-order valence-electron chi connectivity index (χ0n) is 15.4. The van der Waals surface area contributed by atoms with E-state index in [1.54, 1.807) is 0 Å². The van der Waals surface area contributed by atoms with E-state index in [0.29, 0.717) is 17.9 Å². The summed E-state index contributed by atoms with van der Waals surface area (Å²) in [6.45, 7) is 4.89. The van der Waals surface area contributed by atoms with Gasteiger partial charge in [-0.25, -0.2) is 4.79 Å². The zero-order valence-corrected chi connectivity index (χ0v) is 15.4. The Morgan fingerprint density at radius 3 is 2.62 bits per heavy atom. The fourth-order valence-electron chi connectivity index (χ4n) is 4.83. The van der Waals surface area contributed by atoms with Crippen LogP contribution < -0.4 is 5.32 Å². The monoisotopic (exact) mass is 358 g/mol. The summed E-state index contributed by atoms with van der Waals surface area (Å²) in [6, 6.07) is 9.34. The molecule has 142 valence electrons. The smallest absolute Gasteiger partial charge is 0.343 e. The van der Waals surface area contributed by atoms with Crippen LogP contribution in [0, 0.1) is 11.8 Å². The first-order valence-corrected chi connectivity index (χ1v) is 10.1. The second kappa shape index (κ2) is 7.67. The highest BCUT2D eigenvalue weighted by atomic mass is 16.6. The number of aliphatic hydroxyl groups is 1. The lowest BCUT2D eigenvalue weighted by atomic mass is 9.81. The highest BCUT2D eigenvalue weighted by molar-refractivity contribution is 5.81. The van der Waals surface area contributed by atoms with E-state index in [4.69, 9.17) is 4.74 Å². The van der Waals surface area contributed by atoms with Gasteiger partial charge < -0.3 is 15.2 Å². The minimum Gasteiger partial charge on any atom is -0.458 e. The predicted molar refractivity (Wildman–Crippen MR) is 99.6 cm³/mol. The lowest BCUT2D eigenvalue weighted by molar-refractivity contribution is -0.183. The average Bonchev–Trinajstić information content (AvgIpc) is 2.70. The molecule has 0 spiro atoms. The molecule has 5 heteroatoms. The van der Waals surface area contributed by atoms with Crippen LogP contribution in [-0.4, -0.2) is 54.8 Å². The molecule has 2 bridgehead atoms. The van der Waals surface area contributed by atoms with Gasteiger partial charge in [-0.1, -0.05) is 30.3 Å². The van der Waals surface area contributed by atoms with E-state index in [1.165, 1.54) is 0 Å². The molecule has 4 heterocycles. The van der Waals surface area contributed by atoms with Crippen molar-refractivity contribution in [2.75, 3.05) is 32.7 Å². The molecule has 26 heavy (non-hydrogen) atoms. The van der Waals surface area contributed by atoms with Crippen molar-refractivity contribution >= 4 is 5.97 Å². The van der Waals surface area contributed by atoms with Crippen molar-refractivity contribution in [1.29, 1.82) is 0 Å². The molecule has 0 radical (unpaired) electrons. The number of piperidine rings is 4. The van der Waals surface area contributed by atoms with Crippen molar-refractivity contribution in [1.82, 2.24) is 10.2 Å². The SMILES string of the molecule is O=C(OC1CN2CCC1CC2)C(O)(CC1CCCNC1)c1ccccc1. The van der Waals surface area contributed by atoms with Gasteiger partial charge in [0.15, 0.2) is 5.60 Å². The number of hydrogen-bond donors (Lipinski definition) is 2. The predicted octanol–water partition coefficient (Wildman–Crippen LogP) is 1.90. The quantitative estimate of drug-likeness (QED) is 0.788. The number of nitrogens with zero attached hydrogens (tertiary/aromatic N) is 1. The van der Waals surface area contributed by atoms with Gasteiger partial charge in [0.25, 0.3) is 0 Å². The van der Waals surface area contributed by atoms with Crippen LogP contribution >= 0.6 is 0 Å². The molecule has 0 saturated carbocycles. The molecule has 0 aliphatic carbocycles. The van der Waals surface area contributed by atoms with Crippen molar-refractivity contribution < 1.29 is 14.6 Å². The Balaban J connectivity index is 1.52. The number of hydrogen-bond acceptors (Lipinski definition) is 5. The Labute approximate surface area is 155 Å². The largest absolute Gasteiger partial charge is 0.458 e. The van der Waals surface area contributed by atoms with Crippen LogP contribution in [0.4, 0.5) is 0 Å². The van der Waals surface area contributed by atoms with Gasteiger partial charge in [-0.05, 0) is 75.7 Å². The zero-order chi connectivity index (χ0) is 18.0. The van der Waals surface area contributed by atoms with Gasteiger partial charge in [-0.3, -0.25) is 4.90 Å². The summed E-state index contributed by atoms with van der Waals surface area (Å²) in [5.41, 5.74) is -0.909. The maximum absolute atomic E-state index is 13.2. The van der Waals surface area contributed by atoms with E-state index in [9.17, 15) is 9.90 Å². The van der Waals surface area contributed by atoms with E-state index < -0.39 is 11.6 Å². The van der Waals surface area contributed by atoms with E-state index >= 15 is 0 Å². The van der Waals surface area contributed by atoms with Crippen LogP contribution in [0.5, 0.6) is 0 Å². The van der Waals surface area contributed by atoms with Gasteiger partial charge in [0.2, 0.25) is 0 Å². The third kappa shape index (κ3) is 3.66. The summed E-state index contributed by atoms with van der Waals surface area (Å²) in [5.74, 6) is 0.265. The molecule has 4 saturated heterocycles. The second-order valence-corrected chi connectivity index (χ2v) is 8.22. The van der Waals surface area contributed by atoms with Crippen molar-refractivity contribution in [2.24, 2.45) is 11.8 Å². The number of carbonyl (C=O) groups is 1. The normalized spacial score (nSPS) is 33.4. The summed E-state index contributed by atoms with van der Waals surface area (Å²) in [4.78, 5) is 15.5. The fraction of sp³-hybridized carbons (Fsp3) is 0.667. The first kappa shape index (κ1) is 18.0. The highest BCUT2D eigenvalue weighted by Crippen LogP contribution is 2.35. The van der Waals surface area contributed by atoms with Crippen molar-refractivity contribution in [2.45, 2.75) is 43.8 Å². The number of esters is 1. The van der Waals surface area contributed by atoms with Gasteiger partial charge in [-0.15, -0.1) is 0 Å². The summed E-state index contributed by atoms with van der Waals surface area (Å²) in [5, 5.41) is 14.9. The van der Waals surface area contributed by atoms with Crippen molar-refractivity contribution in [3.8, 4) is 0 Å². The summed E-state index contributed by atoms with van der Waals surface area (Å²) >= 11 is 0. The van der Waals surface area contributed by atoms with Crippen LogP contribution in [0.3, 0.4) is 0 Å². The molecular formula is C21H30N2O3. The summed E-state index contributed by atoms with van der Waals surface area (Å²) in [6.07, 6.45) is 4.65. The maximum Gasteiger partial charge on any atom is 0.343 e. The lowest BCUT2D eigenvalue weighted by Crippen LogP contribution is -2.54. The van der Waals surface area contributed by atoms with E-state index in [1.807, 2.05) is 30.3 Å². The summed E-state index contributed by atoms with van der Waals surface area (Å²) in [7, 11) is 0. The molecule has 4 aliphatic rings. The minimum absolute atomic E-state index is 0.0790. The maximum atomic E-state index is 13.2. The van der Waals surface area contributed by atoms with Gasteiger partial charge in [0.05, 0.1) is 0 Å². The molecule has 1 aromatic rings. The van der Waals surface area contributed by atoms with Gasteiger partial charge in [0.1, 0.15) is 6.10 Å². The Morgan fingerprint density at radius 2 is 2.00 bits per heavy atom. The Bertz CT molecular complexity index is 609. The molecule has 3 unspecified atom stereocenters. The van der Waals surface area contributed by atoms with Gasteiger partial charge in [0, 0.05) is 6.54 Å². The van der Waals surface area contributed by atoms with Crippen molar-refractivity contribution in [3.63, 3.8) is 0 Å². The fourth-order valence-corrected chi connectivity index (χ4v) is 4.83. The molecule has 0 aromatic heterocycles. The summed E-state index contributed by atoms with van der Waals surface area (Å²) < 4.78 is 5.94. The molecule has 4 aliphatic heterocycles. The number of carbonyl (C=O) groups excluding carboxylic acids is 1. The van der Waals surface area contributed by atoms with Crippen LogP contribution in [0.2, 0.25) is 0 Å². The third-order valence-corrected chi connectivity index (χ3v) is 6.43. The Hall–Kier alpha value is -1.43. The van der Waals surface area contributed by atoms with E-state index in [2.05, 4.69) is 10.2 Å². The van der Waals surface area contributed by atoms with E-state index in [0.717, 1.165) is 58.4 Å². The molecule has 4 fully saturated rings. The topological polar surface area (TPSA) is 61.8 Å². The number of nitrogens with one attached hydrogen (secondary N) is 1. The van der Waals surface area contributed by atoms with Crippen LogP contribution in [0.1, 0.15) is 37.7 Å². The number of rotatable bonds is 5. The first-order valence-electron chi connectivity index (χ1n) is 10.1. The number of fused-ring (bicyclic) bond motifs is 3. The highest BCUT2D eigenvalue weighted by Gasteiger charge is 2.45. The minimum atomic E-state index is -1.56. The molecule has 5 rings (SSSR count). The van der Waals surface area contributed by atoms with Crippen LogP contribution in [0.25, 0.3) is 0 Å². The number of ether oxygens (including phenoxy) is 1.